The van der Waals surface area contributed by atoms with Crippen molar-refractivity contribution in [3.8, 4) is 0 Å². The number of morpholine rings is 1. The molecule has 1 unspecified atom stereocenters. The Morgan fingerprint density at radius 3 is 2.69 bits per heavy atom. The molecule has 1 aliphatic heterocycles. The highest BCUT2D eigenvalue weighted by Gasteiger charge is 2.22. The second-order valence-electron chi connectivity index (χ2n) is 6.83. The van der Waals surface area contributed by atoms with Crippen LogP contribution in [0.3, 0.4) is 0 Å². The number of anilines is 1. The molecule has 0 N–H and O–H groups in total. The van der Waals surface area contributed by atoms with Gasteiger partial charge in [-0.25, -0.2) is 0 Å². The van der Waals surface area contributed by atoms with Crippen LogP contribution in [0.1, 0.15) is 34.6 Å². The number of benzene rings is 1. The predicted octanol–water partition coefficient (Wildman–Crippen LogP) is 3.18. The van der Waals surface area contributed by atoms with E-state index >= 15 is 0 Å². The standard InChI is InChI=1S/C19H23BrN2O4/c1-11-10-22(5-6-25-11)17-9-16(23)15-8-13(19(24)21(3)4)7-14(12(2)20)18(15)26-17/h7-9,11-12H,5-6,10H2,1-4H3/t11-,12?/m1/s1. The van der Waals surface area contributed by atoms with Crippen LogP contribution in [0.15, 0.2) is 27.4 Å². The van der Waals surface area contributed by atoms with Crippen LogP contribution in [-0.2, 0) is 4.74 Å². The fourth-order valence-corrected chi connectivity index (χ4v) is 3.46. The molecule has 7 heteroatoms. The van der Waals surface area contributed by atoms with Gasteiger partial charge in [-0.05, 0) is 26.0 Å². The molecule has 1 aliphatic rings. The minimum atomic E-state index is -0.150. The van der Waals surface area contributed by atoms with E-state index in [0.29, 0.717) is 42.1 Å². The Morgan fingerprint density at radius 1 is 1.35 bits per heavy atom. The van der Waals surface area contributed by atoms with Crippen molar-refractivity contribution in [2.45, 2.75) is 24.8 Å². The Kier molecular flexibility index (Phi) is 5.39. The predicted molar refractivity (Wildman–Crippen MR) is 105 cm³/mol. The quantitative estimate of drug-likeness (QED) is 0.710. The molecule has 0 radical (unpaired) electrons. The van der Waals surface area contributed by atoms with E-state index in [-0.39, 0.29) is 22.3 Å². The Hall–Kier alpha value is -1.86. The molecular formula is C19H23BrN2O4. The van der Waals surface area contributed by atoms with Crippen LogP contribution in [0.4, 0.5) is 5.88 Å². The topological polar surface area (TPSA) is 63.0 Å². The van der Waals surface area contributed by atoms with E-state index in [1.54, 1.807) is 26.2 Å². The first-order chi connectivity index (χ1) is 12.3. The van der Waals surface area contributed by atoms with Crippen molar-refractivity contribution < 1.29 is 13.9 Å². The molecule has 3 rings (SSSR count). The first-order valence-electron chi connectivity index (χ1n) is 8.62. The summed E-state index contributed by atoms with van der Waals surface area (Å²) in [7, 11) is 3.38. The zero-order valence-corrected chi connectivity index (χ0v) is 17.0. The summed E-state index contributed by atoms with van der Waals surface area (Å²) in [5, 5.41) is 0.420. The van der Waals surface area contributed by atoms with Gasteiger partial charge < -0.3 is 19.0 Å². The molecule has 0 saturated carbocycles. The number of carbonyl (C=O) groups is 1. The Bertz CT molecular complexity index is 891. The number of halogens is 1. The third-order valence-electron chi connectivity index (χ3n) is 4.48. The average molecular weight is 423 g/mol. The molecule has 1 saturated heterocycles. The lowest BCUT2D eigenvalue weighted by atomic mass is 10.0. The van der Waals surface area contributed by atoms with Gasteiger partial charge in [0.05, 0.1) is 18.1 Å². The first kappa shape index (κ1) is 18.9. The molecule has 2 atom stereocenters. The smallest absolute Gasteiger partial charge is 0.253 e. The van der Waals surface area contributed by atoms with Crippen molar-refractivity contribution in [3.05, 3.63) is 39.5 Å². The number of fused-ring (bicyclic) bond motifs is 1. The molecule has 2 aromatic rings. The van der Waals surface area contributed by atoms with Crippen LogP contribution < -0.4 is 10.3 Å². The molecule has 2 heterocycles. The SMILES string of the molecule is CC(Br)c1cc(C(=O)N(C)C)cc2c(=O)cc(N3CCO[C@H](C)C3)oc12. The molecule has 140 valence electrons. The van der Waals surface area contributed by atoms with Crippen LogP contribution >= 0.6 is 15.9 Å². The van der Waals surface area contributed by atoms with E-state index in [4.69, 9.17) is 9.15 Å². The van der Waals surface area contributed by atoms with Crippen molar-refractivity contribution >= 4 is 38.7 Å². The molecular weight excluding hydrogens is 400 g/mol. The average Bonchev–Trinajstić information content (AvgIpc) is 2.60. The van der Waals surface area contributed by atoms with Crippen molar-refractivity contribution in [3.63, 3.8) is 0 Å². The Morgan fingerprint density at radius 2 is 2.08 bits per heavy atom. The summed E-state index contributed by atoms with van der Waals surface area (Å²) in [4.78, 5) is 28.6. The van der Waals surface area contributed by atoms with E-state index in [1.807, 2.05) is 18.7 Å². The number of hydrogen-bond acceptors (Lipinski definition) is 5. The van der Waals surface area contributed by atoms with Gasteiger partial charge in [0.1, 0.15) is 5.58 Å². The van der Waals surface area contributed by atoms with Gasteiger partial charge in [-0.15, -0.1) is 0 Å². The molecule has 1 aromatic carbocycles. The van der Waals surface area contributed by atoms with Crippen LogP contribution in [0.2, 0.25) is 0 Å². The maximum Gasteiger partial charge on any atom is 0.253 e. The van der Waals surface area contributed by atoms with E-state index < -0.39 is 0 Å². The van der Waals surface area contributed by atoms with Gasteiger partial charge in [0.15, 0.2) is 11.3 Å². The number of carbonyl (C=O) groups excluding carboxylic acids is 1. The van der Waals surface area contributed by atoms with E-state index in [2.05, 4.69) is 15.9 Å². The zero-order chi connectivity index (χ0) is 19.0. The number of rotatable bonds is 3. The third kappa shape index (κ3) is 3.64. The van der Waals surface area contributed by atoms with Gasteiger partial charge in [0.2, 0.25) is 0 Å². The fourth-order valence-electron chi connectivity index (χ4n) is 3.12. The lowest BCUT2D eigenvalue weighted by Gasteiger charge is -2.31. The normalized spacial score (nSPS) is 18.8. The third-order valence-corrected chi connectivity index (χ3v) is 4.97. The summed E-state index contributed by atoms with van der Waals surface area (Å²) in [6.07, 6.45) is 0.0828. The summed E-state index contributed by atoms with van der Waals surface area (Å²) in [6, 6.07) is 4.92. The van der Waals surface area contributed by atoms with Gasteiger partial charge >= 0.3 is 0 Å². The second kappa shape index (κ2) is 7.40. The Balaban J connectivity index is 2.17. The minimum Gasteiger partial charge on any atom is -0.440 e. The van der Waals surface area contributed by atoms with E-state index in [9.17, 15) is 9.59 Å². The number of ether oxygens (including phenoxy) is 1. The first-order valence-corrected chi connectivity index (χ1v) is 9.53. The second-order valence-corrected chi connectivity index (χ2v) is 8.21. The number of alkyl halides is 1. The monoisotopic (exact) mass is 422 g/mol. The van der Waals surface area contributed by atoms with E-state index in [0.717, 1.165) is 5.56 Å². The van der Waals surface area contributed by atoms with Gasteiger partial charge in [-0.3, -0.25) is 9.59 Å². The maximum atomic E-state index is 12.8. The van der Waals surface area contributed by atoms with Crippen LogP contribution in [0.25, 0.3) is 11.0 Å². The zero-order valence-electron chi connectivity index (χ0n) is 15.4. The molecule has 0 spiro atoms. The number of amides is 1. The van der Waals surface area contributed by atoms with Crippen molar-refractivity contribution in [2.24, 2.45) is 0 Å². The highest BCUT2D eigenvalue weighted by atomic mass is 79.9. The van der Waals surface area contributed by atoms with Gasteiger partial charge in [0, 0.05) is 49.2 Å². The molecule has 1 amide bonds. The van der Waals surface area contributed by atoms with Crippen molar-refractivity contribution in [1.29, 1.82) is 0 Å². The minimum absolute atomic E-state index is 0.0677. The van der Waals surface area contributed by atoms with Gasteiger partial charge in [-0.1, -0.05) is 15.9 Å². The highest BCUT2D eigenvalue weighted by Crippen LogP contribution is 2.32. The highest BCUT2D eigenvalue weighted by molar-refractivity contribution is 9.09. The maximum absolute atomic E-state index is 12.8. The Labute approximate surface area is 160 Å². The molecule has 0 bridgehead atoms. The summed E-state index contributed by atoms with van der Waals surface area (Å²) < 4.78 is 11.7. The van der Waals surface area contributed by atoms with Crippen LogP contribution in [0, 0.1) is 0 Å². The van der Waals surface area contributed by atoms with Gasteiger partial charge in [0.25, 0.3) is 5.91 Å². The number of nitrogens with zero attached hydrogens (tertiary/aromatic N) is 2. The van der Waals surface area contributed by atoms with Gasteiger partial charge in [-0.2, -0.15) is 0 Å². The largest absolute Gasteiger partial charge is 0.440 e. The molecule has 6 nitrogen and oxygen atoms in total. The summed E-state index contributed by atoms with van der Waals surface area (Å²) >= 11 is 3.56. The summed E-state index contributed by atoms with van der Waals surface area (Å²) in [5.41, 5.74) is 1.63. The lowest BCUT2D eigenvalue weighted by molar-refractivity contribution is 0.0517. The fraction of sp³-hybridized carbons (Fsp3) is 0.474. The molecule has 1 aromatic heterocycles. The lowest BCUT2D eigenvalue weighted by Crippen LogP contribution is -2.41. The van der Waals surface area contributed by atoms with Crippen LogP contribution in [0.5, 0.6) is 0 Å². The van der Waals surface area contributed by atoms with Crippen LogP contribution in [-0.4, -0.2) is 50.7 Å². The van der Waals surface area contributed by atoms with Crippen molar-refractivity contribution in [1.82, 2.24) is 4.90 Å². The summed E-state index contributed by atoms with van der Waals surface area (Å²) in [5.74, 6) is 0.394. The summed E-state index contributed by atoms with van der Waals surface area (Å²) in [6.45, 7) is 5.89. The molecule has 26 heavy (non-hydrogen) atoms. The van der Waals surface area contributed by atoms with Crippen molar-refractivity contribution in [2.75, 3.05) is 38.7 Å². The van der Waals surface area contributed by atoms with E-state index in [1.165, 1.54) is 11.0 Å². The number of hydrogen-bond donors (Lipinski definition) is 0. The molecule has 1 fully saturated rings. The molecule has 0 aliphatic carbocycles.